The number of carbonyl (C=O) groups excluding carboxylic acids is 1. The molecule has 1 fully saturated rings. The van der Waals surface area contributed by atoms with E-state index in [0.29, 0.717) is 11.3 Å². The summed E-state index contributed by atoms with van der Waals surface area (Å²) in [6.07, 6.45) is -0.0912. The molecule has 0 spiro atoms. The molecule has 3 rings (SSSR count). The molecule has 1 saturated heterocycles. The number of rotatable bonds is 5. The topological polar surface area (TPSA) is 66.8 Å². The van der Waals surface area contributed by atoms with E-state index >= 15 is 0 Å². The summed E-state index contributed by atoms with van der Waals surface area (Å²) < 4.78 is 18.9. The lowest BCUT2D eigenvalue weighted by Gasteiger charge is -2.28. The van der Waals surface area contributed by atoms with Gasteiger partial charge in [0.2, 0.25) is 5.91 Å². The number of nitrogens with zero attached hydrogens (tertiary/aromatic N) is 1. The molecule has 0 saturated carbocycles. The van der Waals surface area contributed by atoms with Gasteiger partial charge in [-0.2, -0.15) is 0 Å². The van der Waals surface area contributed by atoms with Crippen LogP contribution >= 0.6 is 0 Å². The van der Waals surface area contributed by atoms with E-state index < -0.39 is 23.7 Å². The Morgan fingerprint density at radius 2 is 1.96 bits per heavy atom. The van der Waals surface area contributed by atoms with Crippen LogP contribution in [0.4, 0.5) is 4.39 Å². The number of carbonyl (C=O) groups is 2. The van der Waals surface area contributed by atoms with Crippen LogP contribution in [0.2, 0.25) is 0 Å². The molecule has 0 radical (unpaired) electrons. The third kappa shape index (κ3) is 3.40. The third-order valence-corrected chi connectivity index (χ3v) is 4.82. The number of aryl methyl sites for hydroxylation is 1. The number of benzene rings is 2. The second-order valence-electron chi connectivity index (χ2n) is 6.46. The third-order valence-electron chi connectivity index (χ3n) is 4.82. The van der Waals surface area contributed by atoms with Gasteiger partial charge in [0.1, 0.15) is 11.6 Å². The molecule has 5 nitrogen and oxygen atoms in total. The molecule has 1 amide bonds. The van der Waals surface area contributed by atoms with Crippen molar-refractivity contribution in [2.75, 3.05) is 7.11 Å². The molecule has 1 aliphatic rings. The average Bonchev–Trinajstić information content (AvgIpc) is 2.94. The van der Waals surface area contributed by atoms with Gasteiger partial charge in [-0.3, -0.25) is 9.59 Å². The molecule has 2 aromatic carbocycles. The fourth-order valence-electron chi connectivity index (χ4n) is 3.44. The first-order valence-corrected chi connectivity index (χ1v) is 8.32. The number of methoxy groups -OCH3 is 1. The van der Waals surface area contributed by atoms with Crippen molar-refractivity contribution >= 4 is 11.9 Å². The van der Waals surface area contributed by atoms with Crippen LogP contribution in [0.15, 0.2) is 42.5 Å². The molecule has 0 aromatic heterocycles. The predicted octanol–water partition coefficient (Wildman–Crippen LogP) is 3.32. The van der Waals surface area contributed by atoms with Crippen molar-refractivity contribution in [2.24, 2.45) is 5.92 Å². The quantitative estimate of drug-likeness (QED) is 0.891. The lowest BCUT2D eigenvalue weighted by Crippen LogP contribution is -2.30. The number of aliphatic carboxylic acids is 1. The zero-order valence-electron chi connectivity index (χ0n) is 14.6. The number of halogens is 1. The van der Waals surface area contributed by atoms with Crippen molar-refractivity contribution in [3.8, 4) is 5.75 Å². The SMILES string of the molecule is COc1ccc(CN2C(=O)CC(C(=O)O)C2c2cc(F)ccc2C)cc1. The summed E-state index contributed by atoms with van der Waals surface area (Å²) >= 11 is 0. The minimum absolute atomic E-state index is 0.0912. The van der Waals surface area contributed by atoms with Gasteiger partial charge in [0.05, 0.1) is 19.1 Å². The molecular weight excluding hydrogens is 337 g/mol. The van der Waals surface area contributed by atoms with Crippen molar-refractivity contribution in [1.82, 2.24) is 4.90 Å². The van der Waals surface area contributed by atoms with Gasteiger partial charge in [-0.25, -0.2) is 4.39 Å². The Bertz CT molecular complexity index is 834. The molecule has 26 heavy (non-hydrogen) atoms. The second kappa shape index (κ2) is 7.15. The lowest BCUT2D eigenvalue weighted by atomic mass is 9.90. The highest BCUT2D eigenvalue weighted by molar-refractivity contribution is 5.87. The van der Waals surface area contributed by atoms with Crippen LogP contribution in [0, 0.1) is 18.7 Å². The first kappa shape index (κ1) is 17.9. The minimum Gasteiger partial charge on any atom is -0.497 e. The van der Waals surface area contributed by atoms with Gasteiger partial charge >= 0.3 is 5.97 Å². The van der Waals surface area contributed by atoms with E-state index in [1.165, 1.54) is 17.0 Å². The van der Waals surface area contributed by atoms with Crippen molar-refractivity contribution in [2.45, 2.75) is 25.9 Å². The monoisotopic (exact) mass is 357 g/mol. The van der Waals surface area contributed by atoms with Crippen LogP contribution in [-0.4, -0.2) is 29.0 Å². The summed E-state index contributed by atoms with van der Waals surface area (Å²) in [5.74, 6) is -1.95. The van der Waals surface area contributed by atoms with E-state index in [9.17, 15) is 19.1 Å². The van der Waals surface area contributed by atoms with Gasteiger partial charge in [-0.1, -0.05) is 18.2 Å². The molecule has 1 aliphatic heterocycles. The molecule has 2 aromatic rings. The normalized spacial score (nSPS) is 19.7. The molecule has 6 heteroatoms. The Balaban J connectivity index is 1.98. The lowest BCUT2D eigenvalue weighted by molar-refractivity contribution is -0.142. The van der Waals surface area contributed by atoms with Crippen LogP contribution in [0.3, 0.4) is 0 Å². The molecule has 1 N–H and O–H groups in total. The van der Waals surface area contributed by atoms with Crippen molar-refractivity contribution in [3.05, 3.63) is 65.0 Å². The van der Waals surface area contributed by atoms with E-state index in [0.717, 1.165) is 11.1 Å². The fraction of sp³-hybridized carbons (Fsp3) is 0.300. The van der Waals surface area contributed by atoms with E-state index in [4.69, 9.17) is 4.74 Å². The molecule has 2 atom stereocenters. The maximum atomic E-state index is 13.8. The van der Waals surface area contributed by atoms with E-state index in [1.54, 1.807) is 32.2 Å². The largest absolute Gasteiger partial charge is 0.497 e. The smallest absolute Gasteiger partial charge is 0.309 e. The second-order valence-corrected chi connectivity index (χ2v) is 6.46. The van der Waals surface area contributed by atoms with Crippen LogP contribution in [-0.2, 0) is 16.1 Å². The number of hydrogen-bond acceptors (Lipinski definition) is 3. The summed E-state index contributed by atoms with van der Waals surface area (Å²) in [6, 6.07) is 10.8. The summed E-state index contributed by atoms with van der Waals surface area (Å²) in [4.78, 5) is 25.8. The molecule has 136 valence electrons. The minimum atomic E-state index is -1.05. The Hall–Kier alpha value is -2.89. The highest BCUT2D eigenvalue weighted by Gasteiger charge is 2.45. The zero-order chi connectivity index (χ0) is 18.8. The number of amides is 1. The highest BCUT2D eigenvalue weighted by Crippen LogP contribution is 2.40. The van der Waals surface area contributed by atoms with Crippen LogP contribution in [0.5, 0.6) is 5.75 Å². The van der Waals surface area contributed by atoms with Crippen molar-refractivity contribution < 1.29 is 23.8 Å². The molecule has 0 aliphatic carbocycles. The number of hydrogen-bond donors (Lipinski definition) is 1. The van der Waals surface area contributed by atoms with Gasteiger partial charge in [0.15, 0.2) is 0 Å². The average molecular weight is 357 g/mol. The van der Waals surface area contributed by atoms with Gasteiger partial charge in [0, 0.05) is 13.0 Å². The molecule has 1 heterocycles. The van der Waals surface area contributed by atoms with E-state index in [-0.39, 0.29) is 18.9 Å². The number of carboxylic acid groups (broad SMARTS) is 1. The maximum Gasteiger partial charge on any atom is 0.309 e. The first-order chi connectivity index (χ1) is 12.4. The van der Waals surface area contributed by atoms with E-state index in [1.807, 2.05) is 12.1 Å². The van der Waals surface area contributed by atoms with Crippen molar-refractivity contribution in [1.29, 1.82) is 0 Å². The van der Waals surface area contributed by atoms with E-state index in [2.05, 4.69) is 0 Å². The van der Waals surface area contributed by atoms with Crippen LogP contribution in [0.25, 0.3) is 0 Å². The Morgan fingerprint density at radius 1 is 1.27 bits per heavy atom. The number of carboxylic acids is 1. The molecular formula is C20H20FNO4. The Kier molecular flexibility index (Phi) is 4.93. The summed E-state index contributed by atoms with van der Waals surface area (Å²) in [5.41, 5.74) is 2.15. The summed E-state index contributed by atoms with van der Waals surface area (Å²) in [6.45, 7) is 2.05. The zero-order valence-corrected chi connectivity index (χ0v) is 14.6. The van der Waals surface area contributed by atoms with Gasteiger partial charge in [-0.05, 0) is 47.9 Å². The van der Waals surface area contributed by atoms with Gasteiger partial charge in [-0.15, -0.1) is 0 Å². The highest BCUT2D eigenvalue weighted by atomic mass is 19.1. The summed E-state index contributed by atoms with van der Waals surface area (Å²) in [5, 5.41) is 9.59. The van der Waals surface area contributed by atoms with Crippen molar-refractivity contribution in [3.63, 3.8) is 0 Å². The maximum absolute atomic E-state index is 13.8. The first-order valence-electron chi connectivity index (χ1n) is 8.32. The summed E-state index contributed by atoms with van der Waals surface area (Å²) in [7, 11) is 1.57. The Morgan fingerprint density at radius 3 is 2.58 bits per heavy atom. The standard InChI is InChI=1S/C20H20FNO4/c1-12-3-6-14(21)9-16(12)19-17(20(24)25)10-18(23)22(19)11-13-4-7-15(26-2)8-5-13/h3-9,17,19H,10-11H2,1-2H3,(H,24,25). The van der Waals surface area contributed by atoms with Crippen LogP contribution < -0.4 is 4.74 Å². The number of likely N-dealkylation sites (tertiary alicyclic amines) is 1. The van der Waals surface area contributed by atoms with Crippen LogP contribution in [0.1, 0.15) is 29.2 Å². The predicted molar refractivity (Wildman–Crippen MR) is 93.2 cm³/mol. The Labute approximate surface area is 151 Å². The number of ether oxygens (including phenoxy) is 1. The molecule has 2 unspecified atom stereocenters. The van der Waals surface area contributed by atoms with Gasteiger partial charge < -0.3 is 14.7 Å². The molecule has 0 bridgehead atoms. The van der Waals surface area contributed by atoms with Gasteiger partial charge in [0.25, 0.3) is 0 Å². The fourth-order valence-corrected chi connectivity index (χ4v) is 3.44.